The van der Waals surface area contributed by atoms with Crippen molar-refractivity contribution >= 4 is 8.32 Å². The van der Waals surface area contributed by atoms with Crippen LogP contribution < -0.4 is 4.74 Å². The van der Waals surface area contributed by atoms with E-state index in [-0.39, 0.29) is 29.1 Å². The third-order valence-electron chi connectivity index (χ3n) is 13.8. The fourth-order valence-electron chi connectivity index (χ4n) is 9.90. The molecule has 2 aromatic rings. The van der Waals surface area contributed by atoms with E-state index in [1.54, 1.807) is 5.56 Å². The molecule has 2 unspecified atom stereocenters. The maximum Gasteiger partial charge on any atom is 0.199 e. The molecule has 2 saturated heterocycles. The molecule has 2 heterocycles. The second kappa shape index (κ2) is 15.7. The Labute approximate surface area is 310 Å². The number of hydrogen-bond donors (Lipinski definition) is 0. The van der Waals surface area contributed by atoms with Crippen molar-refractivity contribution in [1.29, 1.82) is 0 Å². The van der Waals surface area contributed by atoms with Crippen molar-refractivity contribution in [2.75, 3.05) is 19.8 Å². The summed E-state index contributed by atoms with van der Waals surface area (Å²) in [5.74, 6) is 10.1. The van der Waals surface area contributed by atoms with Gasteiger partial charge in [0.1, 0.15) is 5.75 Å². The van der Waals surface area contributed by atoms with Crippen LogP contribution in [0.25, 0.3) is 0 Å². The third kappa shape index (κ3) is 8.19. The Morgan fingerprint density at radius 2 is 1.63 bits per heavy atom. The van der Waals surface area contributed by atoms with Gasteiger partial charge in [-0.05, 0) is 159 Å². The van der Waals surface area contributed by atoms with E-state index in [9.17, 15) is 0 Å². The summed E-state index contributed by atoms with van der Waals surface area (Å²) in [5.41, 5.74) is 5.70. The van der Waals surface area contributed by atoms with Gasteiger partial charge >= 0.3 is 0 Å². The Balaban J connectivity index is 1.10. The van der Waals surface area contributed by atoms with Gasteiger partial charge in [0.25, 0.3) is 0 Å². The van der Waals surface area contributed by atoms with E-state index in [0.29, 0.717) is 23.7 Å². The first-order valence-corrected chi connectivity index (χ1v) is 23.3. The standard InChI is InChI=1S/C45H64O5Si/c1-44(2,3)51(5,6)48-29-11-7-8-14-32-17-19-33(20-18-32)38-31-45(4)39(25-26-40(45)50-42-16-10-13-28-47-42)37-23-21-34-30-35(22-24-36(34)43(37)38)49-41-15-9-12-27-46-41/h17-20,22,24,30,37-43H,7,9-13,15-16,21,23,25-29,31H2,1-6H3/t37-,38+,39-,40-,41?,42?,43+,45-/m0/s1. The van der Waals surface area contributed by atoms with Crippen LogP contribution in [0.4, 0.5) is 0 Å². The van der Waals surface area contributed by atoms with Gasteiger partial charge in [0, 0.05) is 31.6 Å². The lowest BCUT2D eigenvalue weighted by Gasteiger charge is -2.54. The molecule has 278 valence electrons. The highest BCUT2D eigenvalue weighted by molar-refractivity contribution is 6.74. The Morgan fingerprint density at radius 3 is 2.33 bits per heavy atom. The molecular weight excluding hydrogens is 649 g/mol. The van der Waals surface area contributed by atoms with E-state index in [0.717, 1.165) is 88.9 Å². The van der Waals surface area contributed by atoms with E-state index in [1.165, 1.54) is 36.8 Å². The molecule has 51 heavy (non-hydrogen) atoms. The summed E-state index contributed by atoms with van der Waals surface area (Å²) in [6, 6.07) is 16.3. The van der Waals surface area contributed by atoms with Crippen LogP contribution in [-0.4, -0.2) is 46.8 Å². The molecule has 5 nitrogen and oxygen atoms in total. The Bertz CT molecular complexity index is 1520. The lowest BCUT2D eigenvalue weighted by Crippen LogP contribution is -2.48. The van der Waals surface area contributed by atoms with Gasteiger partial charge in [0.05, 0.1) is 12.7 Å². The molecule has 3 aliphatic carbocycles. The highest BCUT2D eigenvalue weighted by atomic mass is 28.4. The molecule has 4 fully saturated rings. The SMILES string of the molecule is CC(C)(C)[Si](C)(C)OCCCC#Cc1ccc([C@H]2C[C@]3(C)[C@@H](OC4CCCCO4)CC[C@H]3[C@@H]3CCc4cc(OC5CCCCO5)ccc4[C@H]32)cc1. The molecule has 0 N–H and O–H groups in total. The molecule has 5 aliphatic rings. The zero-order valence-corrected chi connectivity index (χ0v) is 33.4. The minimum atomic E-state index is -1.70. The van der Waals surface area contributed by atoms with Crippen LogP contribution in [-0.2, 0) is 25.1 Å². The topological polar surface area (TPSA) is 46.2 Å². The molecule has 0 amide bonds. The van der Waals surface area contributed by atoms with Crippen LogP contribution in [0.2, 0.25) is 18.1 Å². The van der Waals surface area contributed by atoms with Crippen molar-refractivity contribution in [2.24, 2.45) is 17.3 Å². The maximum absolute atomic E-state index is 6.90. The molecule has 7 rings (SSSR count). The average Bonchev–Trinajstić information content (AvgIpc) is 3.45. The van der Waals surface area contributed by atoms with E-state index in [2.05, 4.69) is 95.1 Å². The molecule has 0 bridgehead atoms. The van der Waals surface area contributed by atoms with Gasteiger partial charge in [-0.25, -0.2) is 0 Å². The number of unbranched alkanes of at least 4 members (excludes halogenated alkanes) is 1. The first-order chi connectivity index (χ1) is 24.5. The molecule has 0 aromatic heterocycles. The summed E-state index contributed by atoms with van der Waals surface area (Å²) in [6.07, 6.45) is 14.5. The molecule has 6 heteroatoms. The van der Waals surface area contributed by atoms with Crippen molar-refractivity contribution in [3.8, 4) is 17.6 Å². The molecule has 2 aliphatic heterocycles. The fraction of sp³-hybridized carbons (Fsp3) is 0.689. The Kier molecular flexibility index (Phi) is 11.4. The van der Waals surface area contributed by atoms with Crippen molar-refractivity contribution < 1.29 is 23.4 Å². The molecule has 0 radical (unpaired) electrons. The largest absolute Gasteiger partial charge is 0.465 e. The monoisotopic (exact) mass is 712 g/mol. The van der Waals surface area contributed by atoms with Gasteiger partial charge in [0.15, 0.2) is 20.9 Å². The molecule has 0 spiro atoms. The number of fused-ring (bicyclic) bond motifs is 5. The maximum atomic E-state index is 6.90. The second-order valence-corrected chi connectivity index (χ2v) is 22.9. The van der Waals surface area contributed by atoms with Crippen LogP contribution >= 0.6 is 0 Å². The summed E-state index contributed by atoms with van der Waals surface area (Å²) in [5, 5.41) is 0.244. The number of ether oxygens (including phenoxy) is 4. The zero-order valence-electron chi connectivity index (χ0n) is 32.4. The fourth-order valence-corrected chi connectivity index (χ4v) is 11.0. The Morgan fingerprint density at radius 1 is 0.882 bits per heavy atom. The van der Waals surface area contributed by atoms with Crippen LogP contribution in [0.5, 0.6) is 5.75 Å². The first-order valence-electron chi connectivity index (χ1n) is 20.4. The van der Waals surface area contributed by atoms with Gasteiger partial charge in [0.2, 0.25) is 0 Å². The predicted molar refractivity (Wildman–Crippen MR) is 208 cm³/mol. The third-order valence-corrected chi connectivity index (χ3v) is 18.3. The normalized spacial score (nSPS) is 32.2. The Hall–Kier alpha value is -2.14. The summed E-state index contributed by atoms with van der Waals surface area (Å²) in [4.78, 5) is 0. The second-order valence-electron chi connectivity index (χ2n) is 18.1. The molecule has 2 aromatic carbocycles. The van der Waals surface area contributed by atoms with E-state index >= 15 is 0 Å². The van der Waals surface area contributed by atoms with Crippen molar-refractivity contribution in [3.05, 3.63) is 64.7 Å². The first kappa shape index (κ1) is 37.2. The van der Waals surface area contributed by atoms with Gasteiger partial charge in [-0.2, -0.15) is 0 Å². The van der Waals surface area contributed by atoms with Crippen LogP contribution in [0.15, 0.2) is 42.5 Å². The average molecular weight is 713 g/mol. The van der Waals surface area contributed by atoms with E-state index in [1.807, 2.05) is 0 Å². The van der Waals surface area contributed by atoms with Crippen LogP contribution in [0.3, 0.4) is 0 Å². The number of hydrogen-bond acceptors (Lipinski definition) is 5. The minimum absolute atomic E-state index is 0.0365. The lowest BCUT2D eigenvalue weighted by molar-refractivity contribution is -0.213. The summed E-state index contributed by atoms with van der Waals surface area (Å²) >= 11 is 0. The number of aryl methyl sites for hydroxylation is 1. The number of rotatable bonds is 9. The summed E-state index contributed by atoms with van der Waals surface area (Å²) in [6.45, 7) is 16.5. The van der Waals surface area contributed by atoms with Gasteiger partial charge in [-0.3, -0.25) is 0 Å². The lowest BCUT2D eigenvalue weighted by atomic mass is 9.51. The van der Waals surface area contributed by atoms with E-state index < -0.39 is 8.32 Å². The van der Waals surface area contributed by atoms with Crippen LogP contribution in [0, 0.1) is 29.1 Å². The van der Waals surface area contributed by atoms with Gasteiger partial charge < -0.3 is 23.4 Å². The minimum Gasteiger partial charge on any atom is -0.465 e. The molecular formula is C45H64O5Si. The molecule has 8 atom stereocenters. The van der Waals surface area contributed by atoms with Crippen molar-refractivity contribution in [3.63, 3.8) is 0 Å². The van der Waals surface area contributed by atoms with Gasteiger partial charge in [-0.1, -0.05) is 57.7 Å². The highest BCUT2D eigenvalue weighted by Crippen LogP contribution is 2.66. The predicted octanol–water partition coefficient (Wildman–Crippen LogP) is 10.9. The van der Waals surface area contributed by atoms with Gasteiger partial charge in [-0.15, -0.1) is 0 Å². The summed E-state index contributed by atoms with van der Waals surface area (Å²) in [7, 11) is -1.70. The highest BCUT2D eigenvalue weighted by Gasteiger charge is 2.59. The van der Waals surface area contributed by atoms with Crippen molar-refractivity contribution in [1.82, 2.24) is 0 Å². The number of benzene rings is 2. The summed E-state index contributed by atoms with van der Waals surface area (Å²) < 4.78 is 31.7. The zero-order chi connectivity index (χ0) is 35.6. The van der Waals surface area contributed by atoms with Crippen LogP contribution in [0.1, 0.15) is 139 Å². The molecule has 2 saturated carbocycles. The quantitative estimate of drug-likeness (QED) is 0.147. The van der Waals surface area contributed by atoms with Crippen molar-refractivity contribution in [2.45, 2.75) is 160 Å². The smallest absolute Gasteiger partial charge is 0.199 e. The van der Waals surface area contributed by atoms with E-state index in [4.69, 9.17) is 23.4 Å².